The maximum atomic E-state index is 5.60. The van der Waals surface area contributed by atoms with Crippen molar-refractivity contribution >= 4 is 83.5 Å². The molecule has 266 valence electrons. The molecule has 12 rings (SSSR count). The van der Waals surface area contributed by atoms with Gasteiger partial charge in [-0.2, -0.15) is 0 Å². The Bertz CT molecular complexity index is 3500. The molecule has 57 heavy (non-hydrogen) atoms. The third-order valence-electron chi connectivity index (χ3n) is 12.4. The molecule has 4 heteroatoms. The lowest BCUT2D eigenvalue weighted by Gasteiger charge is -2.19. The van der Waals surface area contributed by atoms with Crippen LogP contribution < -0.4 is 10.4 Å². The molecule has 0 spiro atoms. The lowest BCUT2D eigenvalue weighted by molar-refractivity contribution is 1.37. The summed E-state index contributed by atoms with van der Waals surface area (Å²) in [5.41, 5.74) is 11.8. The van der Waals surface area contributed by atoms with Crippen molar-refractivity contribution < 1.29 is 0 Å². The average molecular weight is 742 g/mol. The third kappa shape index (κ3) is 4.74. The Morgan fingerprint density at radius 1 is 0.386 bits per heavy atom. The predicted octanol–water partition coefficient (Wildman–Crippen LogP) is 12.6. The SMILES string of the molecule is C[Si]1(C)c2ccccc2-c2c1ccc1nc(-c3ccc(-c4ccc5ccc6ccc(-c7ccccc7)nc6c5n4)c4cc5ccccc5cc34)c3ccccc3c21. The van der Waals surface area contributed by atoms with Crippen LogP contribution in [0.15, 0.2) is 176 Å². The summed E-state index contributed by atoms with van der Waals surface area (Å²) in [4.78, 5) is 16.2. The number of pyridine rings is 3. The van der Waals surface area contributed by atoms with Crippen LogP contribution in [0.5, 0.6) is 0 Å². The van der Waals surface area contributed by atoms with E-state index in [2.05, 4.69) is 183 Å². The number of fused-ring (bicyclic) bond motifs is 12. The first-order valence-corrected chi connectivity index (χ1v) is 22.7. The second-order valence-electron chi connectivity index (χ2n) is 15.9. The molecule has 3 nitrogen and oxygen atoms in total. The van der Waals surface area contributed by atoms with Gasteiger partial charge in [-0.1, -0.05) is 159 Å². The molecule has 3 aromatic heterocycles. The van der Waals surface area contributed by atoms with Gasteiger partial charge in [0, 0.05) is 38.2 Å². The smallest absolute Gasteiger partial charge is 0.113 e. The van der Waals surface area contributed by atoms with Crippen LogP contribution in [-0.2, 0) is 0 Å². The summed E-state index contributed by atoms with van der Waals surface area (Å²) in [6.45, 7) is 4.97. The van der Waals surface area contributed by atoms with Gasteiger partial charge in [0.15, 0.2) is 0 Å². The van der Waals surface area contributed by atoms with Gasteiger partial charge in [0.05, 0.1) is 33.6 Å². The summed E-state index contributed by atoms with van der Waals surface area (Å²) in [5, 5.41) is 13.5. The number of nitrogens with zero attached hydrogens (tertiary/aromatic N) is 3. The lowest BCUT2D eigenvalue weighted by Crippen LogP contribution is -2.49. The summed E-state index contributed by atoms with van der Waals surface area (Å²) in [7, 11) is -1.85. The first-order chi connectivity index (χ1) is 28.0. The quantitative estimate of drug-likeness (QED) is 0.103. The molecule has 0 aliphatic carbocycles. The number of hydrogen-bond acceptors (Lipinski definition) is 3. The van der Waals surface area contributed by atoms with Crippen molar-refractivity contribution in [2.75, 3.05) is 0 Å². The fraction of sp³-hybridized carbons (Fsp3) is 0.0377. The van der Waals surface area contributed by atoms with Crippen LogP contribution in [0.3, 0.4) is 0 Å². The van der Waals surface area contributed by atoms with Crippen molar-refractivity contribution in [3.8, 4) is 44.9 Å². The van der Waals surface area contributed by atoms with Gasteiger partial charge in [0.25, 0.3) is 0 Å². The van der Waals surface area contributed by atoms with Gasteiger partial charge in [-0.05, 0) is 78.8 Å². The van der Waals surface area contributed by atoms with E-state index in [1.165, 1.54) is 48.4 Å². The van der Waals surface area contributed by atoms with Crippen LogP contribution >= 0.6 is 0 Å². The fourth-order valence-electron chi connectivity index (χ4n) is 9.59. The molecule has 0 radical (unpaired) electrons. The first-order valence-electron chi connectivity index (χ1n) is 19.7. The van der Waals surface area contributed by atoms with Crippen LogP contribution in [0.4, 0.5) is 0 Å². The molecular weight excluding hydrogens is 707 g/mol. The maximum absolute atomic E-state index is 5.60. The Kier molecular flexibility index (Phi) is 6.79. The number of rotatable bonds is 3. The van der Waals surface area contributed by atoms with Crippen LogP contribution in [-0.4, -0.2) is 23.0 Å². The Balaban J connectivity index is 1.11. The van der Waals surface area contributed by atoms with E-state index < -0.39 is 8.07 Å². The molecule has 0 N–H and O–H groups in total. The molecule has 0 fully saturated rings. The Hall–Kier alpha value is -7.01. The Labute approximate surface area is 331 Å². The Morgan fingerprint density at radius 2 is 0.982 bits per heavy atom. The summed E-state index contributed by atoms with van der Waals surface area (Å²) in [6.07, 6.45) is 0. The molecule has 0 saturated carbocycles. The maximum Gasteiger partial charge on any atom is 0.113 e. The third-order valence-corrected chi connectivity index (χ3v) is 16.0. The van der Waals surface area contributed by atoms with Gasteiger partial charge < -0.3 is 0 Å². The van der Waals surface area contributed by atoms with E-state index >= 15 is 0 Å². The molecule has 1 aliphatic heterocycles. The van der Waals surface area contributed by atoms with E-state index in [4.69, 9.17) is 15.0 Å². The first kappa shape index (κ1) is 32.3. The molecule has 0 unspecified atom stereocenters. The second-order valence-corrected chi connectivity index (χ2v) is 20.3. The monoisotopic (exact) mass is 741 g/mol. The van der Waals surface area contributed by atoms with Crippen molar-refractivity contribution in [3.63, 3.8) is 0 Å². The van der Waals surface area contributed by atoms with Gasteiger partial charge in [-0.15, -0.1) is 0 Å². The molecule has 0 bridgehead atoms. The minimum atomic E-state index is -1.85. The average Bonchev–Trinajstić information content (AvgIpc) is 3.50. The molecule has 11 aromatic rings. The van der Waals surface area contributed by atoms with Crippen molar-refractivity contribution in [2.45, 2.75) is 13.1 Å². The minimum Gasteiger partial charge on any atom is -0.247 e. The highest BCUT2D eigenvalue weighted by Crippen LogP contribution is 2.44. The fourth-order valence-corrected chi connectivity index (χ4v) is 12.7. The zero-order chi connectivity index (χ0) is 37.8. The Morgan fingerprint density at radius 3 is 1.75 bits per heavy atom. The van der Waals surface area contributed by atoms with E-state index in [1.54, 1.807) is 0 Å². The molecule has 1 aliphatic rings. The van der Waals surface area contributed by atoms with Gasteiger partial charge in [-0.3, -0.25) is 0 Å². The van der Waals surface area contributed by atoms with E-state index in [0.717, 1.165) is 71.9 Å². The van der Waals surface area contributed by atoms with Gasteiger partial charge in [0.1, 0.15) is 8.07 Å². The zero-order valence-electron chi connectivity index (χ0n) is 31.6. The summed E-state index contributed by atoms with van der Waals surface area (Å²) >= 11 is 0. The number of hydrogen-bond donors (Lipinski definition) is 0. The molecule has 8 aromatic carbocycles. The van der Waals surface area contributed by atoms with Crippen LogP contribution in [0, 0.1) is 0 Å². The van der Waals surface area contributed by atoms with Gasteiger partial charge in [0.2, 0.25) is 0 Å². The second kappa shape index (κ2) is 12.0. The molecule has 0 saturated heterocycles. The number of benzene rings is 8. The minimum absolute atomic E-state index is 0.906. The van der Waals surface area contributed by atoms with Crippen LogP contribution in [0.25, 0.3) is 110 Å². The standard InChI is InChI=1S/C53H35N3Si/c1-57(2)47-19-11-10-18-41(47)50-48(57)29-28-46-49(50)38-16-8-9-17-39(38)53(56-46)40-25-24-37(42-30-35-14-6-7-15-36(35)31-43(40)42)45-27-23-34-21-20-33-22-26-44(32-12-4-3-5-13-32)54-51(33)52(34)55-45/h3-31H,1-2H3. The normalized spacial score (nSPS) is 13.2. The van der Waals surface area contributed by atoms with Crippen LogP contribution in [0.2, 0.25) is 13.1 Å². The van der Waals surface area contributed by atoms with E-state index in [-0.39, 0.29) is 0 Å². The lowest BCUT2D eigenvalue weighted by atomic mass is 9.90. The number of aromatic nitrogens is 3. The highest BCUT2D eigenvalue weighted by Gasteiger charge is 2.38. The van der Waals surface area contributed by atoms with Gasteiger partial charge in [-0.25, -0.2) is 15.0 Å². The topological polar surface area (TPSA) is 38.7 Å². The van der Waals surface area contributed by atoms with Crippen LogP contribution in [0.1, 0.15) is 0 Å². The molecule has 4 heterocycles. The summed E-state index contributed by atoms with van der Waals surface area (Å²) < 4.78 is 0. The molecular formula is C53H35N3Si. The van der Waals surface area contributed by atoms with E-state index in [0.29, 0.717) is 0 Å². The molecule has 0 amide bonds. The highest BCUT2D eigenvalue weighted by molar-refractivity contribution is 7.04. The van der Waals surface area contributed by atoms with Crippen molar-refractivity contribution in [3.05, 3.63) is 176 Å². The zero-order valence-corrected chi connectivity index (χ0v) is 32.6. The van der Waals surface area contributed by atoms with Crippen molar-refractivity contribution in [2.24, 2.45) is 0 Å². The largest absolute Gasteiger partial charge is 0.247 e. The van der Waals surface area contributed by atoms with Gasteiger partial charge >= 0.3 is 0 Å². The van der Waals surface area contributed by atoms with E-state index in [1.807, 2.05) is 6.07 Å². The van der Waals surface area contributed by atoms with Crippen molar-refractivity contribution in [1.29, 1.82) is 0 Å². The van der Waals surface area contributed by atoms with E-state index in [9.17, 15) is 0 Å². The van der Waals surface area contributed by atoms with Crippen molar-refractivity contribution in [1.82, 2.24) is 15.0 Å². The predicted molar refractivity (Wildman–Crippen MR) is 243 cm³/mol. The molecule has 0 atom stereocenters. The summed E-state index contributed by atoms with van der Waals surface area (Å²) in [5.74, 6) is 0. The highest BCUT2D eigenvalue weighted by atomic mass is 28.3. The summed E-state index contributed by atoms with van der Waals surface area (Å²) in [6, 6.07) is 63.7.